The van der Waals surface area contributed by atoms with Crippen molar-refractivity contribution in [1.29, 1.82) is 0 Å². The number of hydrogen-bond donors (Lipinski definition) is 1. The quantitative estimate of drug-likeness (QED) is 0.581. The van der Waals surface area contributed by atoms with Gasteiger partial charge in [-0.25, -0.2) is 4.98 Å². The summed E-state index contributed by atoms with van der Waals surface area (Å²) >= 11 is 1.55. The molecule has 2 aromatic heterocycles. The van der Waals surface area contributed by atoms with Crippen LogP contribution in [0, 0.1) is 0 Å². The molecule has 0 unspecified atom stereocenters. The van der Waals surface area contributed by atoms with Crippen molar-refractivity contribution >= 4 is 28.0 Å². The van der Waals surface area contributed by atoms with Crippen LogP contribution >= 0.6 is 11.3 Å². The van der Waals surface area contributed by atoms with Gasteiger partial charge in [-0.3, -0.25) is 9.20 Å². The van der Waals surface area contributed by atoms with Crippen LogP contribution in [0.3, 0.4) is 0 Å². The molecule has 2 heterocycles. The van der Waals surface area contributed by atoms with Gasteiger partial charge in [0.25, 0.3) is 0 Å². The number of hydrogen-bond acceptors (Lipinski definition) is 5. The highest BCUT2D eigenvalue weighted by Gasteiger charge is 2.07. The first kappa shape index (κ1) is 13.6. The van der Waals surface area contributed by atoms with E-state index in [2.05, 4.69) is 4.98 Å². The number of nitrogens with zero attached hydrogens (tertiary/aromatic N) is 2. The van der Waals surface area contributed by atoms with Crippen molar-refractivity contribution in [1.82, 2.24) is 9.38 Å². The van der Waals surface area contributed by atoms with Crippen molar-refractivity contribution in [3.8, 4) is 0 Å². The summed E-state index contributed by atoms with van der Waals surface area (Å²) in [5.41, 5.74) is 8.18. The Morgan fingerprint density at radius 1 is 1.33 bits per heavy atom. The minimum atomic E-state index is -0.219. The van der Waals surface area contributed by atoms with Gasteiger partial charge in [-0.05, 0) is 24.1 Å². The van der Waals surface area contributed by atoms with Gasteiger partial charge in [0.05, 0.1) is 5.69 Å². The van der Waals surface area contributed by atoms with Crippen LogP contribution in [0.2, 0.25) is 0 Å². The van der Waals surface area contributed by atoms with Crippen molar-refractivity contribution in [2.45, 2.75) is 19.4 Å². The maximum atomic E-state index is 11.7. The fourth-order valence-electron chi connectivity index (χ4n) is 2.00. The molecule has 0 spiro atoms. The number of thiazole rings is 1. The van der Waals surface area contributed by atoms with Crippen LogP contribution in [0.1, 0.15) is 17.7 Å². The molecule has 6 heteroatoms. The number of imidazole rings is 1. The van der Waals surface area contributed by atoms with Crippen LogP contribution in [0.15, 0.2) is 42.0 Å². The van der Waals surface area contributed by atoms with Gasteiger partial charge in [-0.15, -0.1) is 11.3 Å². The Bertz CT molecular complexity index is 717. The summed E-state index contributed by atoms with van der Waals surface area (Å²) in [5, 5.41) is 1.96. The SMILES string of the molecule is Nc1ccc(CCC(=O)OCc2cn3ccsc3n2)cc1. The molecule has 0 amide bonds. The van der Waals surface area contributed by atoms with Crippen molar-refractivity contribution in [3.05, 3.63) is 53.3 Å². The Balaban J connectivity index is 1.48. The lowest BCUT2D eigenvalue weighted by Gasteiger charge is -2.03. The number of nitrogen functional groups attached to an aromatic ring is 1. The lowest BCUT2D eigenvalue weighted by atomic mass is 10.1. The van der Waals surface area contributed by atoms with Gasteiger partial charge in [0.1, 0.15) is 6.61 Å². The summed E-state index contributed by atoms with van der Waals surface area (Å²) in [5.74, 6) is -0.219. The maximum absolute atomic E-state index is 11.7. The number of carbonyl (C=O) groups is 1. The van der Waals surface area contributed by atoms with E-state index in [9.17, 15) is 4.79 Å². The minimum Gasteiger partial charge on any atom is -0.459 e. The number of rotatable bonds is 5. The average Bonchev–Trinajstić information content (AvgIpc) is 3.05. The lowest BCUT2D eigenvalue weighted by molar-refractivity contribution is -0.145. The molecule has 0 atom stereocenters. The molecule has 108 valence electrons. The molecule has 3 rings (SSSR count). The van der Waals surface area contributed by atoms with Crippen molar-refractivity contribution in [2.75, 3.05) is 5.73 Å². The zero-order valence-corrected chi connectivity index (χ0v) is 12.2. The zero-order valence-electron chi connectivity index (χ0n) is 11.4. The minimum absolute atomic E-state index is 0.217. The molecule has 0 saturated heterocycles. The fraction of sp³-hybridized carbons (Fsp3) is 0.200. The molecule has 0 saturated carbocycles. The Morgan fingerprint density at radius 3 is 2.90 bits per heavy atom. The Hall–Kier alpha value is -2.34. The van der Waals surface area contributed by atoms with Gasteiger partial charge < -0.3 is 10.5 Å². The van der Waals surface area contributed by atoms with Crippen LogP contribution in [0.4, 0.5) is 5.69 Å². The van der Waals surface area contributed by atoms with E-state index in [0.29, 0.717) is 12.8 Å². The normalized spacial score (nSPS) is 10.9. The smallest absolute Gasteiger partial charge is 0.306 e. The molecule has 0 fully saturated rings. The molecule has 0 aliphatic carbocycles. The lowest BCUT2D eigenvalue weighted by Crippen LogP contribution is -2.06. The molecule has 1 aromatic carbocycles. The number of benzene rings is 1. The van der Waals surface area contributed by atoms with E-state index in [1.807, 2.05) is 46.4 Å². The van der Waals surface area contributed by atoms with Crippen LogP contribution < -0.4 is 5.73 Å². The molecule has 2 N–H and O–H groups in total. The van der Waals surface area contributed by atoms with E-state index >= 15 is 0 Å². The number of anilines is 1. The van der Waals surface area contributed by atoms with Gasteiger partial charge in [0, 0.05) is 29.9 Å². The number of fused-ring (bicyclic) bond motifs is 1. The van der Waals surface area contributed by atoms with Crippen molar-refractivity contribution in [3.63, 3.8) is 0 Å². The Morgan fingerprint density at radius 2 is 2.14 bits per heavy atom. The Kier molecular flexibility index (Phi) is 3.87. The van der Waals surface area contributed by atoms with E-state index in [0.717, 1.165) is 21.9 Å². The van der Waals surface area contributed by atoms with Crippen LogP contribution in [-0.2, 0) is 22.6 Å². The number of nitrogens with two attached hydrogens (primary N) is 1. The highest BCUT2D eigenvalue weighted by Crippen LogP contribution is 2.12. The third-order valence-corrected chi connectivity index (χ3v) is 3.89. The average molecular weight is 301 g/mol. The molecule has 5 nitrogen and oxygen atoms in total. The van der Waals surface area contributed by atoms with Crippen molar-refractivity contribution < 1.29 is 9.53 Å². The summed E-state index contributed by atoms with van der Waals surface area (Å²) < 4.78 is 7.16. The largest absolute Gasteiger partial charge is 0.459 e. The molecular formula is C15H15N3O2S. The van der Waals surface area contributed by atoms with Gasteiger partial charge >= 0.3 is 5.97 Å². The summed E-state index contributed by atoms with van der Waals surface area (Å²) in [6.07, 6.45) is 4.81. The highest BCUT2D eigenvalue weighted by atomic mass is 32.1. The second kappa shape index (κ2) is 5.97. The van der Waals surface area contributed by atoms with Crippen molar-refractivity contribution in [2.24, 2.45) is 0 Å². The molecule has 0 aliphatic heterocycles. The predicted molar refractivity (Wildman–Crippen MR) is 82.0 cm³/mol. The summed E-state index contributed by atoms with van der Waals surface area (Å²) in [4.78, 5) is 17.0. The molecule has 0 radical (unpaired) electrons. The van der Waals surface area contributed by atoms with Gasteiger partial charge in [-0.2, -0.15) is 0 Å². The monoisotopic (exact) mass is 301 g/mol. The first-order chi connectivity index (χ1) is 10.2. The van der Waals surface area contributed by atoms with E-state index in [4.69, 9.17) is 10.5 Å². The van der Waals surface area contributed by atoms with Crippen LogP contribution in [0.5, 0.6) is 0 Å². The molecule has 21 heavy (non-hydrogen) atoms. The second-order valence-corrected chi connectivity index (χ2v) is 5.60. The number of aromatic nitrogens is 2. The van der Waals surface area contributed by atoms with E-state index in [-0.39, 0.29) is 12.6 Å². The molecule has 0 bridgehead atoms. The molecule has 0 aliphatic rings. The van der Waals surface area contributed by atoms with Gasteiger partial charge in [-0.1, -0.05) is 12.1 Å². The summed E-state index contributed by atoms with van der Waals surface area (Å²) in [7, 11) is 0. The number of ether oxygens (including phenoxy) is 1. The number of carbonyl (C=O) groups excluding carboxylic acids is 1. The van der Waals surface area contributed by atoms with Gasteiger partial charge in [0.15, 0.2) is 4.96 Å². The van der Waals surface area contributed by atoms with Crippen LogP contribution in [0.25, 0.3) is 4.96 Å². The van der Waals surface area contributed by atoms with E-state index in [1.165, 1.54) is 0 Å². The predicted octanol–water partition coefficient (Wildman–Crippen LogP) is 2.65. The number of aryl methyl sites for hydroxylation is 1. The van der Waals surface area contributed by atoms with Gasteiger partial charge in [0.2, 0.25) is 0 Å². The Labute approximate surface area is 126 Å². The first-order valence-electron chi connectivity index (χ1n) is 6.62. The highest BCUT2D eigenvalue weighted by molar-refractivity contribution is 7.15. The standard InChI is InChI=1S/C15H15N3O2S/c16-12-4-1-11(2-5-12)3-6-14(19)20-10-13-9-18-7-8-21-15(18)17-13/h1-2,4-5,7-9H,3,6,10,16H2. The van der Waals surface area contributed by atoms with Crippen LogP contribution in [-0.4, -0.2) is 15.4 Å². The zero-order chi connectivity index (χ0) is 14.7. The second-order valence-electron chi connectivity index (χ2n) is 4.73. The molecular weight excluding hydrogens is 286 g/mol. The van der Waals surface area contributed by atoms with E-state index in [1.54, 1.807) is 11.3 Å². The van der Waals surface area contributed by atoms with E-state index < -0.39 is 0 Å². The topological polar surface area (TPSA) is 69.6 Å². The molecule has 3 aromatic rings. The third kappa shape index (κ3) is 3.41. The first-order valence-corrected chi connectivity index (χ1v) is 7.50. The summed E-state index contributed by atoms with van der Waals surface area (Å²) in [6, 6.07) is 7.51. The maximum Gasteiger partial charge on any atom is 0.306 e. The third-order valence-electron chi connectivity index (χ3n) is 3.12. The summed E-state index contributed by atoms with van der Waals surface area (Å²) in [6.45, 7) is 0.217. The number of esters is 1. The fourth-order valence-corrected chi connectivity index (χ4v) is 2.72.